The highest BCUT2D eigenvalue weighted by molar-refractivity contribution is 6.14. The molecule has 7 heteroatoms. The summed E-state index contributed by atoms with van der Waals surface area (Å²) in [5.74, 6) is 0.906. The molecule has 12 aromatic rings. The predicted molar refractivity (Wildman–Crippen MR) is 239 cm³/mol. The molecular weight excluding hydrogens is 727 g/mol. The van der Waals surface area contributed by atoms with Crippen molar-refractivity contribution in [3.8, 4) is 39.4 Å². The van der Waals surface area contributed by atoms with E-state index < -0.39 is 0 Å². The Labute approximate surface area is 339 Å². The summed E-state index contributed by atoms with van der Waals surface area (Å²) in [6.45, 7) is 8.48. The van der Waals surface area contributed by atoms with Crippen molar-refractivity contribution in [3.05, 3.63) is 175 Å². The number of fused-ring (bicyclic) bond motifs is 9. The molecule has 0 amide bonds. The fraction of sp³-hybridized carbons (Fsp3) is 0.0769. The number of nitrogens with zero attached hydrogens (tertiary/aromatic N) is 5. The molecule has 7 aromatic carbocycles. The second-order valence-electron chi connectivity index (χ2n) is 15.6. The highest BCUT2D eigenvalue weighted by Gasteiger charge is 2.24. The third kappa shape index (κ3) is 4.88. The van der Waals surface area contributed by atoms with Crippen molar-refractivity contribution in [2.75, 3.05) is 0 Å². The van der Waals surface area contributed by atoms with Crippen LogP contribution in [0.25, 0.3) is 105 Å². The number of aromatic nitrogens is 5. The van der Waals surface area contributed by atoms with Gasteiger partial charge in [-0.3, -0.25) is 0 Å². The highest BCUT2D eigenvalue weighted by Crippen LogP contribution is 2.43. The second kappa shape index (κ2) is 12.4. The summed E-state index contributed by atoms with van der Waals surface area (Å²) in [5.41, 5.74) is 16.0. The van der Waals surface area contributed by atoms with Crippen LogP contribution in [-0.2, 0) is 0 Å². The maximum atomic E-state index is 6.94. The molecule has 0 aliphatic heterocycles. The minimum absolute atomic E-state index is 0.826. The van der Waals surface area contributed by atoms with Gasteiger partial charge in [0.05, 0.1) is 33.8 Å². The van der Waals surface area contributed by atoms with Gasteiger partial charge in [0, 0.05) is 60.5 Å². The van der Waals surface area contributed by atoms with Gasteiger partial charge in [-0.05, 0) is 106 Å². The average Bonchev–Trinajstić information content (AvgIpc) is 4.06. The summed E-state index contributed by atoms with van der Waals surface area (Å²) in [5, 5.41) is 11.6. The van der Waals surface area contributed by atoms with Crippen LogP contribution in [0.2, 0.25) is 0 Å². The zero-order chi connectivity index (χ0) is 39.5. The Morgan fingerprint density at radius 3 is 1.86 bits per heavy atom. The zero-order valence-electron chi connectivity index (χ0n) is 33.0. The van der Waals surface area contributed by atoms with Crippen molar-refractivity contribution >= 4 is 65.7 Å². The highest BCUT2D eigenvalue weighted by atomic mass is 16.3. The van der Waals surface area contributed by atoms with Gasteiger partial charge in [0.2, 0.25) is 0 Å². The molecule has 282 valence electrons. The van der Waals surface area contributed by atoms with E-state index in [1.807, 2.05) is 35.0 Å². The first kappa shape index (κ1) is 33.5. The maximum absolute atomic E-state index is 6.94. The summed E-state index contributed by atoms with van der Waals surface area (Å²) >= 11 is 0. The number of rotatable bonds is 5. The number of para-hydroxylation sites is 4. The van der Waals surface area contributed by atoms with Gasteiger partial charge in [-0.25, -0.2) is 9.67 Å². The van der Waals surface area contributed by atoms with Crippen molar-refractivity contribution in [2.45, 2.75) is 27.7 Å². The van der Waals surface area contributed by atoms with Gasteiger partial charge < -0.3 is 18.0 Å². The molecular formula is C52H37N5O2. The molecule has 0 fully saturated rings. The standard InChI is InChI=1S/C52H37N5O2/c1-30-50(31(2)57(54-30)36-14-6-5-7-15-36)34-22-24-49-41(26-34)43-27-35(28-46(52(43)59-49)56-44-19-11-8-16-38(44)39-17-9-12-20-45(39)56)51-32(3)55(33(4)53-51)37-23-25-48-42(29-37)40-18-10-13-21-47(40)58-48/h5-29H,1-4H3. The second-order valence-corrected chi connectivity index (χ2v) is 15.6. The van der Waals surface area contributed by atoms with E-state index in [4.69, 9.17) is 18.9 Å². The monoisotopic (exact) mass is 763 g/mol. The normalized spacial score (nSPS) is 12.1. The van der Waals surface area contributed by atoms with E-state index >= 15 is 0 Å². The van der Waals surface area contributed by atoms with Gasteiger partial charge in [-0.15, -0.1) is 0 Å². The Morgan fingerprint density at radius 1 is 0.458 bits per heavy atom. The lowest BCUT2D eigenvalue weighted by Crippen LogP contribution is -1.99. The Hall–Kier alpha value is -7.64. The average molecular weight is 764 g/mol. The molecule has 0 aliphatic rings. The van der Waals surface area contributed by atoms with Crippen LogP contribution in [0, 0.1) is 27.7 Å². The first-order valence-electron chi connectivity index (χ1n) is 20.0. The fourth-order valence-corrected chi connectivity index (χ4v) is 9.53. The minimum Gasteiger partial charge on any atom is -0.456 e. The number of furan rings is 2. The first-order chi connectivity index (χ1) is 28.9. The lowest BCUT2D eigenvalue weighted by molar-refractivity contribution is 0.666. The van der Waals surface area contributed by atoms with E-state index in [0.717, 1.165) is 117 Å². The molecule has 7 nitrogen and oxygen atoms in total. The van der Waals surface area contributed by atoms with Crippen molar-refractivity contribution in [3.63, 3.8) is 0 Å². The van der Waals surface area contributed by atoms with Crippen molar-refractivity contribution in [1.82, 2.24) is 23.9 Å². The fourth-order valence-electron chi connectivity index (χ4n) is 9.53. The maximum Gasteiger partial charge on any atom is 0.159 e. The smallest absolute Gasteiger partial charge is 0.159 e. The van der Waals surface area contributed by atoms with Crippen LogP contribution >= 0.6 is 0 Å². The van der Waals surface area contributed by atoms with E-state index in [1.165, 1.54) is 10.8 Å². The largest absolute Gasteiger partial charge is 0.456 e. The number of hydrogen-bond acceptors (Lipinski definition) is 4. The minimum atomic E-state index is 0.826. The zero-order valence-corrected chi connectivity index (χ0v) is 33.0. The van der Waals surface area contributed by atoms with Crippen LogP contribution < -0.4 is 0 Å². The number of aryl methyl sites for hydroxylation is 2. The SMILES string of the molecule is Cc1nn(-c2ccccc2)c(C)c1-c1ccc2oc3c(-n4c5ccccc5c5ccccc54)cc(-c4nc(C)n(-c5ccc6oc7ccccc7c6c5)c4C)cc3c2c1. The quantitative estimate of drug-likeness (QED) is 0.175. The molecule has 0 bridgehead atoms. The van der Waals surface area contributed by atoms with Crippen molar-refractivity contribution in [1.29, 1.82) is 0 Å². The molecule has 12 rings (SSSR count). The van der Waals surface area contributed by atoms with Crippen molar-refractivity contribution < 1.29 is 8.83 Å². The molecule has 0 saturated heterocycles. The van der Waals surface area contributed by atoms with Crippen LogP contribution in [0.1, 0.15) is 22.9 Å². The van der Waals surface area contributed by atoms with Crippen LogP contribution in [0.5, 0.6) is 0 Å². The predicted octanol–water partition coefficient (Wildman–Crippen LogP) is 13.5. The van der Waals surface area contributed by atoms with E-state index in [2.05, 4.69) is 158 Å². The van der Waals surface area contributed by atoms with Gasteiger partial charge in [0.25, 0.3) is 0 Å². The Balaban J connectivity index is 1.11. The number of hydrogen-bond donors (Lipinski definition) is 0. The van der Waals surface area contributed by atoms with Crippen LogP contribution in [-0.4, -0.2) is 23.9 Å². The molecule has 59 heavy (non-hydrogen) atoms. The summed E-state index contributed by atoms with van der Waals surface area (Å²) in [6.07, 6.45) is 0. The summed E-state index contributed by atoms with van der Waals surface area (Å²) < 4.78 is 19.8. The van der Waals surface area contributed by atoms with Crippen LogP contribution in [0.15, 0.2) is 160 Å². The van der Waals surface area contributed by atoms with E-state index in [-0.39, 0.29) is 0 Å². The van der Waals surface area contributed by atoms with Gasteiger partial charge >= 0.3 is 0 Å². The van der Waals surface area contributed by atoms with E-state index in [1.54, 1.807) is 0 Å². The first-order valence-corrected chi connectivity index (χ1v) is 20.0. The van der Waals surface area contributed by atoms with Crippen LogP contribution in [0.3, 0.4) is 0 Å². The van der Waals surface area contributed by atoms with Crippen molar-refractivity contribution in [2.24, 2.45) is 0 Å². The lowest BCUT2D eigenvalue weighted by atomic mass is 9.99. The lowest BCUT2D eigenvalue weighted by Gasteiger charge is -2.12. The summed E-state index contributed by atoms with van der Waals surface area (Å²) in [7, 11) is 0. The summed E-state index contributed by atoms with van der Waals surface area (Å²) in [6, 6.07) is 53.3. The van der Waals surface area contributed by atoms with Gasteiger partial charge in [0.15, 0.2) is 5.58 Å². The third-order valence-corrected chi connectivity index (χ3v) is 12.1. The molecule has 5 heterocycles. The molecule has 0 radical (unpaired) electrons. The molecule has 0 aliphatic carbocycles. The number of imidazole rings is 1. The van der Waals surface area contributed by atoms with Gasteiger partial charge in [-0.2, -0.15) is 5.10 Å². The molecule has 0 saturated carbocycles. The van der Waals surface area contributed by atoms with E-state index in [0.29, 0.717) is 0 Å². The van der Waals surface area contributed by atoms with Crippen LogP contribution in [0.4, 0.5) is 0 Å². The molecule has 5 aromatic heterocycles. The summed E-state index contributed by atoms with van der Waals surface area (Å²) in [4.78, 5) is 5.31. The Bertz CT molecular complexity index is 3610. The van der Waals surface area contributed by atoms with Gasteiger partial charge in [-0.1, -0.05) is 78.9 Å². The topological polar surface area (TPSA) is 66.8 Å². The van der Waals surface area contributed by atoms with Gasteiger partial charge in [0.1, 0.15) is 22.6 Å². The number of benzene rings is 7. The molecule has 0 atom stereocenters. The molecule has 0 N–H and O–H groups in total. The molecule has 0 unspecified atom stereocenters. The Kier molecular flexibility index (Phi) is 7.06. The Morgan fingerprint density at radius 2 is 1.08 bits per heavy atom. The molecule has 0 spiro atoms. The third-order valence-electron chi connectivity index (χ3n) is 12.1. The van der Waals surface area contributed by atoms with E-state index in [9.17, 15) is 0 Å².